The van der Waals surface area contributed by atoms with E-state index < -0.39 is 5.97 Å². The molecule has 0 unspecified atom stereocenters. The Morgan fingerprint density at radius 1 is 1.17 bits per heavy atom. The molecule has 0 spiro atoms. The molecule has 0 aliphatic carbocycles. The molecule has 0 aliphatic rings. The van der Waals surface area contributed by atoms with Crippen molar-refractivity contribution < 1.29 is 14.3 Å². The molecule has 0 fully saturated rings. The first-order valence-electron chi connectivity index (χ1n) is 6.84. The predicted molar refractivity (Wildman–Crippen MR) is 95.1 cm³/mol. The monoisotopic (exact) mass is 423 g/mol. The van der Waals surface area contributed by atoms with E-state index in [0.29, 0.717) is 17.1 Å². The highest BCUT2D eigenvalue weighted by Gasteiger charge is 2.11. The van der Waals surface area contributed by atoms with Crippen LogP contribution in [0.1, 0.15) is 15.9 Å². The van der Waals surface area contributed by atoms with Gasteiger partial charge in [0.25, 0.3) is 0 Å². The molecule has 0 atom stereocenters. The molecular weight excluding hydrogens is 409 g/mol. The number of rotatable bonds is 7. The van der Waals surface area contributed by atoms with Crippen LogP contribution in [0.3, 0.4) is 0 Å². The van der Waals surface area contributed by atoms with Gasteiger partial charge >= 0.3 is 5.97 Å². The second-order valence-corrected chi connectivity index (χ2v) is 5.22. The molecule has 2 aromatic carbocycles. The Hall–Kier alpha value is -2.25. The smallest absolute Gasteiger partial charge is 0.343 e. The Kier molecular flexibility index (Phi) is 6.71. The lowest BCUT2D eigenvalue weighted by molar-refractivity contribution is 0.0733. The van der Waals surface area contributed by atoms with E-state index in [1.807, 2.05) is 18.2 Å². The molecule has 0 N–H and O–H groups in total. The number of azide groups is 1. The van der Waals surface area contributed by atoms with Crippen molar-refractivity contribution in [1.82, 2.24) is 0 Å². The molecule has 2 rings (SSSR count). The van der Waals surface area contributed by atoms with Crippen molar-refractivity contribution in [1.29, 1.82) is 0 Å². The normalized spacial score (nSPS) is 9.78. The van der Waals surface area contributed by atoms with Gasteiger partial charge in [0, 0.05) is 14.9 Å². The van der Waals surface area contributed by atoms with Crippen LogP contribution in [-0.2, 0) is 4.43 Å². The fourth-order valence-electron chi connectivity index (χ4n) is 1.81. The average molecular weight is 423 g/mol. The molecule has 0 bridgehead atoms. The number of halogens is 1. The summed E-state index contributed by atoms with van der Waals surface area (Å²) in [6.45, 7) is 0.546. The highest BCUT2D eigenvalue weighted by molar-refractivity contribution is 14.1. The van der Waals surface area contributed by atoms with Crippen LogP contribution in [0.5, 0.6) is 11.5 Å². The van der Waals surface area contributed by atoms with Gasteiger partial charge in [-0.2, -0.15) is 0 Å². The van der Waals surface area contributed by atoms with Crippen molar-refractivity contribution in [2.45, 2.75) is 4.43 Å². The first-order chi connectivity index (χ1) is 11.2. The Balaban J connectivity index is 1.98. The van der Waals surface area contributed by atoms with Gasteiger partial charge in [-0.05, 0) is 35.9 Å². The largest absolute Gasteiger partial charge is 0.493 e. The molecular formula is C16H14IN3O3. The van der Waals surface area contributed by atoms with Crippen LogP contribution in [0.15, 0.2) is 53.6 Å². The van der Waals surface area contributed by atoms with Gasteiger partial charge in [0.2, 0.25) is 0 Å². The zero-order valence-electron chi connectivity index (χ0n) is 12.2. The maximum atomic E-state index is 12.2. The molecule has 118 valence electrons. The lowest BCUT2D eigenvalue weighted by Crippen LogP contribution is -2.09. The third kappa shape index (κ3) is 5.15. The maximum absolute atomic E-state index is 12.2. The molecule has 0 amide bonds. The number of benzene rings is 2. The minimum Gasteiger partial charge on any atom is -0.493 e. The summed E-state index contributed by atoms with van der Waals surface area (Å²) in [5, 5.41) is 3.38. The summed E-state index contributed by atoms with van der Waals surface area (Å²) in [5.74, 6) is 0.756. The summed E-state index contributed by atoms with van der Waals surface area (Å²) in [4.78, 5) is 14.8. The highest BCUT2D eigenvalue weighted by Crippen LogP contribution is 2.22. The molecule has 0 aliphatic heterocycles. The van der Waals surface area contributed by atoms with Crippen molar-refractivity contribution in [2.24, 2.45) is 5.11 Å². The summed E-state index contributed by atoms with van der Waals surface area (Å²) in [5.41, 5.74) is 9.58. The predicted octanol–water partition coefficient (Wildman–Crippen LogP) is 4.53. The van der Waals surface area contributed by atoms with Crippen molar-refractivity contribution in [3.05, 3.63) is 70.1 Å². The zero-order valence-corrected chi connectivity index (χ0v) is 14.3. The van der Waals surface area contributed by atoms with Crippen molar-refractivity contribution in [3.63, 3.8) is 0 Å². The van der Waals surface area contributed by atoms with Crippen LogP contribution >= 0.6 is 22.6 Å². The molecule has 0 saturated carbocycles. The van der Waals surface area contributed by atoms with E-state index in [9.17, 15) is 4.79 Å². The Morgan fingerprint density at radius 3 is 2.61 bits per heavy atom. The van der Waals surface area contributed by atoms with Crippen molar-refractivity contribution in [3.8, 4) is 11.5 Å². The minimum atomic E-state index is -0.414. The molecule has 0 radical (unpaired) electrons. The van der Waals surface area contributed by atoms with Crippen LogP contribution < -0.4 is 9.47 Å². The number of hydrogen-bond acceptors (Lipinski definition) is 4. The number of hydrogen-bond donors (Lipinski definition) is 0. The molecule has 0 heterocycles. The second kappa shape index (κ2) is 9.02. The van der Waals surface area contributed by atoms with Crippen LogP contribution in [0.25, 0.3) is 10.4 Å². The van der Waals surface area contributed by atoms with Gasteiger partial charge in [-0.3, -0.25) is 0 Å². The molecule has 23 heavy (non-hydrogen) atoms. The van der Waals surface area contributed by atoms with E-state index in [2.05, 4.69) is 32.6 Å². The van der Waals surface area contributed by atoms with E-state index in [4.69, 9.17) is 15.0 Å². The maximum Gasteiger partial charge on any atom is 0.343 e. The second-order valence-electron chi connectivity index (χ2n) is 4.46. The van der Waals surface area contributed by atoms with Crippen molar-refractivity contribution in [2.75, 3.05) is 13.2 Å². The van der Waals surface area contributed by atoms with Crippen molar-refractivity contribution >= 4 is 28.6 Å². The molecule has 6 nitrogen and oxygen atoms in total. The lowest BCUT2D eigenvalue weighted by atomic mass is 10.2. The SMILES string of the molecule is [N-]=[N+]=NCCOc1ccc(C(=O)Oc2ccccc2CI)cc1. The van der Waals surface area contributed by atoms with E-state index in [0.717, 1.165) is 9.99 Å². The summed E-state index contributed by atoms with van der Waals surface area (Å²) >= 11 is 2.23. The molecule has 7 heteroatoms. The number of nitrogens with zero attached hydrogens (tertiary/aromatic N) is 3. The van der Waals surface area contributed by atoms with Crippen LogP contribution in [-0.4, -0.2) is 19.1 Å². The quantitative estimate of drug-likeness (QED) is 0.0959. The summed E-state index contributed by atoms with van der Waals surface area (Å²) in [6.07, 6.45) is 0. The zero-order chi connectivity index (χ0) is 16.5. The number of alkyl halides is 1. The number of carbonyl (C=O) groups is 1. The van der Waals surface area contributed by atoms with Gasteiger partial charge in [0.15, 0.2) is 0 Å². The van der Waals surface area contributed by atoms with E-state index in [1.165, 1.54) is 0 Å². The number of esters is 1. The number of para-hydroxylation sites is 1. The Morgan fingerprint density at radius 2 is 1.91 bits per heavy atom. The third-order valence-electron chi connectivity index (χ3n) is 2.93. The lowest BCUT2D eigenvalue weighted by Gasteiger charge is -2.09. The number of carbonyl (C=O) groups excluding carboxylic acids is 1. The topological polar surface area (TPSA) is 84.3 Å². The Bertz CT molecular complexity index is 713. The van der Waals surface area contributed by atoms with Gasteiger partial charge < -0.3 is 9.47 Å². The first-order valence-corrected chi connectivity index (χ1v) is 8.37. The van der Waals surface area contributed by atoms with Crippen LogP contribution in [0, 0.1) is 0 Å². The standard InChI is InChI=1S/C16H14IN3O3/c17-11-13-3-1-2-4-15(13)23-16(21)12-5-7-14(8-6-12)22-10-9-19-20-18/h1-8H,9-11H2. The summed E-state index contributed by atoms with van der Waals surface area (Å²) < 4.78 is 11.6. The fourth-order valence-corrected chi connectivity index (χ4v) is 2.44. The molecule has 0 saturated heterocycles. The van der Waals surface area contributed by atoms with Gasteiger partial charge in [-0.1, -0.05) is 45.9 Å². The third-order valence-corrected chi connectivity index (χ3v) is 3.75. The van der Waals surface area contributed by atoms with Gasteiger partial charge in [-0.15, -0.1) is 0 Å². The first kappa shape index (κ1) is 17.1. The fraction of sp³-hybridized carbons (Fsp3) is 0.188. The molecule has 0 aromatic heterocycles. The van der Waals surface area contributed by atoms with Crippen LogP contribution in [0.2, 0.25) is 0 Å². The minimum absolute atomic E-state index is 0.257. The highest BCUT2D eigenvalue weighted by atomic mass is 127. The average Bonchev–Trinajstić information content (AvgIpc) is 2.59. The summed E-state index contributed by atoms with van der Waals surface area (Å²) in [7, 11) is 0. The van der Waals surface area contributed by atoms with Crippen LogP contribution in [0.4, 0.5) is 0 Å². The van der Waals surface area contributed by atoms with Gasteiger partial charge in [-0.25, -0.2) is 4.79 Å². The van der Waals surface area contributed by atoms with Gasteiger partial charge in [0.05, 0.1) is 18.7 Å². The Labute approximate surface area is 147 Å². The van der Waals surface area contributed by atoms with E-state index in [1.54, 1.807) is 30.3 Å². The van der Waals surface area contributed by atoms with E-state index in [-0.39, 0.29) is 13.2 Å². The number of ether oxygens (including phenoxy) is 2. The van der Waals surface area contributed by atoms with Gasteiger partial charge in [0.1, 0.15) is 11.5 Å². The van der Waals surface area contributed by atoms with E-state index >= 15 is 0 Å². The summed E-state index contributed by atoms with van der Waals surface area (Å²) in [6, 6.07) is 14.1. The molecule has 2 aromatic rings.